The summed E-state index contributed by atoms with van der Waals surface area (Å²) >= 11 is 0. The van der Waals surface area contributed by atoms with Gasteiger partial charge >= 0.3 is 0 Å². The molecule has 1 amide bonds. The van der Waals surface area contributed by atoms with Gasteiger partial charge in [0.15, 0.2) is 12.4 Å². The number of non-ortho nitro benzene ring substituents is 1. The Morgan fingerprint density at radius 3 is 2.65 bits per heavy atom. The number of nitro benzene ring substituents is 1. The van der Waals surface area contributed by atoms with Crippen LogP contribution in [0.1, 0.15) is 0 Å². The van der Waals surface area contributed by atoms with E-state index < -0.39 is 4.92 Å². The third kappa shape index (κ3) is 3.43. The van der Waals surface area contributed by atoms with Gasteiger partial charge in [-0.2, -0.15) is 0 Å². The number of hydrogen-bond donors (Lipinski definition) is 0. The second-order valence-electron chi connectivity index (χ2n) is 5.89. The summed E-state index contributed by atoms with van der Waals surface area (Å²) in [6.07, 6.45) is 0. The van der Waals surface area contributed by atoms with E-state index in [9.17, 15) is 14.9 Å². The molecule has 1 saturated heterocycles. The Morgan fingerprint density at radius 1 is 1.22 bits per heavy atom. The van der Waals surface area contributed by atoms with Gasteiger partial charge in [-0.3, -0.25) is 19.8 Å². The molecule has 0 aromatic heterocycles. The van der Waals surface area contributed by atoms with E-state index in [1.165, 1.54) is 12.1 Å². The zero-order chi connectivity index (χ0) is 16.4. The number of ether oxygens (including phenoxy) is 1. The lowest BCUT2D eigenvalue weighted by atomic mass is 10.2. The van der Waals surface area contributed by atoms with Crippen LogP contribution in [-0.2, 0) is 4.79 Å². The quantitative estimate of drug-likeness (QED) is 0.596. The van der Waals surface area contributed by atoms with Gasteiger partial charge < -0.3 is 14.5 Å². The van der Waals surface area contributed by atoms with Crippen LogP contribution in [0.5, 0.6) is 5.75 Å². The average Bonchev–Trinajstić information content (AvgIpc) is 2.55. The van der Waals surface area contributed by atoms with Gasteiger partial charge in [-0.1, -0.05) is 0 Å². The van der Waals surface area contributed by atoms with Gasteiger partial charge in [0.05, 0.1) is 16.7 Å². The van der Waals surface area contributed by atoms with E-state index in [1.54, 1.807) is 11.0 Å². The number of anilines is 1. The number of carbonyl (C=O) groups is 1. The fraction of sp³-hybridized carbons (Fsp3) is 0.533. The second-order valence-corrected chi connectivity index (χ2v) is 5.89. The average molecular weight is 320 g/mol. The zero-order valence-electron chi connectivity index (χ0n) is 13.1. The van der Waals surface area contributed by atoms with Crippen molar-refractivity contribution in [3.8, 4) is 5.75 Å². The maximum atomic E-state index is 12.1. The van der Waals surface area contributed by atoms with Gasteiger partial charge in [0.25, 0.3) is 11.6 Å². The maximum absolute atomic E-state index is 12.1. The highest BCUT2D eigenvalue weighted by molar-refractivity contribution is 5.98. The highest BCUT2D eigenvalue weighted by Gasteiger charge is 2.27. The number of benzene rings is 1. The van der Waals surface area contributed by atoms with Crippen molar-refractivity contribution in [3.63, 3.8) is 0 Å². The lowest BCUT2D eigenvalue weighted by Gasteiger charge is -2.35. The van der Waals surface area contributed by atoms with Crippen molar-refractivity contribution in [2.24, 2.45) is 0 Å². The second kappa shape index (κ2) is 6.51. The van der Waals surface area contributed by atoms with Gasteiger partial charge in [0.2, 0.25) is 0 Å². The number of nitrogens with zero attached hydrogens (tertiary/aromatic N) is 4. The van der Waals surface area contributed by atoms with Gasteiger partial charge in [-0.25, -0.2) is 0 Å². The number of likely N-dealkylation sites (N-methyl/N-ethyl adjacent to an activating group) is 1. The number of rotatable bonds is 4. The van der Waals surface area contributed by atoms with Crippen LogP contribution < -0.4 is 9.64 Å². The summed E-state index contributed by atoms with van der Waals surface area (Å²) in [7, 11) is 2.10. The van der Waals surface area contributed by atoms with Crippen molar-refractivity contribution < 1.29 is 14.5 Å². The van der Waals surface area contributed by atoms with E-state index >= 15 is 0 Å². The topological polar surface area (TPSA) is 79.2 Å². The molecule has 0 N–H and O–H groups in total. The van der Waals surface area contributed by atoms with Gasteiger partial charge in [0, 0.05) is 45.3 Å². The predicted octanol–water partition coefficient (Wildman–Crippen LogP) is 0.568. The number of piperazine rings is 1. The van der Waals surface area contributed by atoms with Crippen molar-refractivity contribution >= 4 is 17.3 Å². The molecule has 1 aromatic carbocycles. The SMILES string of the molecule is CN1CCN(CCN2C(=O)COc3cc([N+](=O)[O-])ccc32)CC1. The lowest BCUT2D eigenvalue weighted by Crippen LogP contribution is -2.49. The first-order valence-corrected chi connectivity index (χ1v) is 7.67. The summed E-state index contributed by atoms with van der Waals surface area (Å²) in [6.45, 7) is 5.31. The minimum atomic E-state index is -0.464. The van der Waals surface area contributed by atoms with E-state index in [4.69, 9.17) is 4.74 Å². The number of amides is 1. The molecule has 0 bridgehead atoms. The summed E-state index contributed by atoms with van der Waals surface area (Å²) in [5.74, 6) is 0.289. The first kappa shape index (κ1) is 15.7. The summed E-state index contributed by atoms with van der Waals surface area (Å²) in [6, 6.07) is 4.38. The van der Waals surface area contributed by atoms with E-state index in [1.807, 2.05) is 0 Å². The molecule has 2 aliphatic rings. The lowest BCUT2D eigenvalue weighted by molar-refractivity contribution is -0.384. The van der Waals surface area contributed by atoms with Crippen molar-refractivity contribution in [3.05, 3.63) is 28.3 Å². The predicted molar refractivity (Wildman–Crippen MR) is 84.9 cm³/mol. The highest BCUT2D eigenvalue weighted by atomic mass is 16.6. The summed E-state index contributed by atoms with van der Waals surface area (Å²) < 4.78 is 5.35. The van der Waals surface area contributed by atoms with Crippen LogP contribution in [0, 0.1) is 10.1 Å². The van der Waals surface area contributed by atoms with E-state index in [0.717, 1.165) is 32.7 Å². The minimum absolute atomic E-state index is 0.0304. The molecule has 0 atom stereocenters. The molecule has 2 heterocycles. The van der Waals surface area contributed by atoms with Crippen molar-refractivity contribution in [2.75, 3.05) is 57.8 Å². The minimum Gasteiger partial charge on any atom is -0.481 e. The van der Waals surface area contributed by atoms with Crippen LogP contribution in [0.4, 0.5) is 11.4 Å². The smallest absolute Gasteiger partial charge is 0.273 e. The Labute approximate surface area is 134 Å². The molecule has 1 aromatic rings. The normalized spacial score (nSPS) is 19.3. The zero-order valence-corrected chi connectivity index (χ0v) is 13.1. The fourth-order valence-electron chi connectivity index (χ4n) is 2.86. The molecule has 0 spiro atoms. The summed E-state index contributed by atoms with van der Waals surface area (Å²) in [5.41, 5.74) is 0.582. The van der Waals surface area contributed by atoms with Crippen molar-refractivity contribution in [1.29, 1.82) is 0 Å². The van der Waals surface area contributed by atoms with Crippen LogP contribution in [0.3, 0.4) is 0 Å². The molecular weight excluding hydrogens is 300 g/mol. The third-order valence-electron chi connectivity index (χ3n) is 4.33. The number of hydrogen-bond acceptors (Lipinski definition) is 6. The Kier molecular flexibility index (Phi) is 4.44. The van der Waals surface area contributed by atoms with Gasteiger partial charge in [-0.15, -0.1) is 0 Å². The molecule has 2 aliphatic heterocycles. The molecule has 23 heavy (non-hydrogen) atoms. The number of carbonyl (C=O) groups excluding carboxylic acids is 1. The standard InChI is InChI=1S/C15H20N4O4/c1-16-4-6-17(7-5-16)8-9-18-13-3-2-12(19(21)22)10-14(13)23-11-15(18)20/h2-3,10H,4-9,11H2,1H3. The third-order valence-corrected chi connectivity index (χ3v) is 4.33. The van der Waals surface area contributed by atoms with Gasteiger partial charge in [0.1, 0.15) is 0 Å². The van der Waals surface area contributed by atoms with Crippen LogP contribution >= 0.6 is 0 Å². The Bertz CT molecular complexity index is 613. The fourth-order valence-corrected chi connectivity index (χ4v) is 2.86. The molecule has 0 radical (unpaired) electrons. The highest BCUT2D eigenvalue weighted by Crippen LogP contribution is 2.35. The summed E-state index contributed by atoms with van der Waals surface area (Å²) in [5, 5.41) is 10.9. The van der Waals surface area contributed by atoms with Crippen LogP contribution in [0.15, 0.2) is 18.2 Å². The Morgan fingerprint density at radius 2 is 1.96 bits per heavy atom. The van der Waals surface area contributed by atoms with E-state index in [0.29, 0.717) is 18.0 Å². The van der Waals surface area contributed by atoms with E-state index in [2.05, 4.69) is 16.8 Å². The van der Waals surface area contributed by atoms with Crippen molar-refractivity contribution in [2.45, 2.75) is 0 Å². The molecule has 3 rings (SSSR count). The first-order valence-electron chi connectivity index (χ1n) is 7.67. The molecule has 1 fully saturated rings. The number of fused-ring (bicyclic) bond motifs is 1. The number of nitro groups is 1. The van der Waals surface area contributed by atoms with E-state index in [-0.39, 0.29) is 18.2 Å². The van der Waals surface area contributed by atoms with Crippen LogP contribution in [-0.4, -0.2) is 73.6 Å². The summed E-state index contributed by atoms with van der Waals surface area (Å²) in [4.78, 5) is 28.8. The van der Waals surface area contributed by atoms with Crippen LogP contribution in [0.2, 0.25) is 0 Å². The van der Waals surface area contributed by atoms with Gasteiger partial charge in [-0.05, 0) is 13.1 Å². The molecular formula is C15H20N4O4. The largest absolute Gasteiger partial charge is 0.481 e. The Balaban J connectivity index is 1.70. The molecule has 0 aliphatic carbocycles. The molecule has 8 nitrogen and oxygen atoms in total. The molecule has 0 unspecified atom stereocenters. The monoisotopic (exact) mass is 320 g/mol. The molecule has 8 heteroatoms. The first-order chi connectivity index (χ1) is 11.0. The Hall–Kier alpha value is -2.19. The van der Waals surface area contributed by atoms with Crippen LogP contribution in [0.25, 0.3) is 0 Å². The molecule has 0 saturated carbocycles. The maximum Gasteiger partial charge on any atom is 0.273 e. The van der Waals surface area contributed by atoms with Crippen molar-refractivity contribution in [1.82, 2.24) is 9.80 Å². The molecule has 124 valence electrons.